The molecule has 124 valence electrons. The van der Waals surface area contributed by atoms with Crippen LogP contribution in [-0.4, -0.2) is 18.5 Å². The number of anilines is 1. The molecule has 24 heavy (non-hydrogen) atoms. The standard InChI is InChI=1S/C21H24N2O/c1-15(21(24)23-14-13-17-8-3-5-12-20(17)23)22-19-11-6-9-16-7-2-4-10-18(16)19/h2-5,7-8,10,12,15,19,22H,6,9,11,13-14H2,1H3/t15-,19+/m1/s1. The van der Waals surface area contributed by atoms with Gasteiger partial charge in [-0.15, -0.1) is 0 Å². The van der Waals surface area contributed by atoms with Gasteiger partial charge in [-0.25, -0.2) is 0 Å². The summed E-state index contributed by atoms with van der Waals surface area (Å²) in [6.45, 7) is 2.80. The molecule has 3 nitrogen and oxygen atoms in total. The van der Waals surface area contributed by atoms with Crippen LogP contribution in [0.25, 0.3) is 0 Å². The molecule has 1 heterocycles. The molecule has 0 aromatic heterocycles. The summed E-state index contributed by atoms with van der Waals surface area (Å²) in [4.78, 5) is 14.9. The van der Waals surface area contributed by atoms with Crippen LogP contribution in [0.1, 0.15) is 42.5 Å². The van der Waals surface area contributed by atoms with Crippen LogP contribution in [0.15, 0.2) is 48.5 Å². The maximum absolute atomic E-state index is 13.0. The van der Waals surface area contributed by atoms with Gasteiger partial charge in [0.2, 0.25) is 5.91 Å². The quantitative estimate of drug-likeness (QED) is 0.936. The molecular weight excluding hydrogens is 296 g/mol. The summed E-state index contributed by atoms with van der Waals surface area (Å²) in [5, 5.41) is 3.59. The Morgan fingerprint density at radius 3 is 2.71 bits per heavy atom. The summed E-state index contributed by atoms with van der Waals surface area (Å²) in [6, 6.07) is 17.0. The fraction of sp³-hybridized carbons (Fsp3) is 0.381. The van der Waals surface area contributed by atoms with Gasteiger partial charge in [0, 0.05) is 18.3 Å². The Kier molecular flexibility index (Phi) is 4.11. The van der Waals surface area contributed by atoms with Crippen molar-refractivity contribution in [3.8, 4) is 0 Å². The third-order valence-corrected chi connectivity index (χ3v) is 5.34. The summed E-state index contributed by atoms with van der Waals surface area (Å²) in [5.74, 6) is 0.183. The van der Waals surface area contributed by atoms with Gasteiger partial charge in [0.25, 0.3) is 0 Å². The van der Waals surface area contributed by atoms with E-state index in [1.807, 2.05) is 24.0 Å². The van der Waals surface area contributed by atoms with Crippen molar-refractivity contribution in [3.05, 3.63) is 65.2 Å². The number of hydrogen-bond acceptors (Lipinski definition) is 2. The number of benzene rings is 2. The van der Waals surface area contributed by atoms with E-state index in [1.54, 1.807) is 0 Å². The van der Waals surface area contributed by atoms with E-state index in [4.69, 9.17) is 0 Å². The van der Waals surface area contributed by atoms with E-state index in [9.17, 15) is 4.79 Å². The van der Waals surface area contributed by atoms with E-state index >= 15 is 0 Å². The lowest BCUT2D eigenvalue weighted by Crippen LogP contribution is -2.46. The topological polar surface area (TPSA) is 32.3 Å². The van der Waals surface area contributed by atoms with Crippen LogP contribution in [0, 0.1) is 0 Å². The minimum absolute atomic E-state index is 0.174. The first kappa shape index (κ1) is 15.4. The highest BCUT2D eigenvalue weighted by atomic mass is 16.2. The van der Waals surface area contributed by atoms with E-state index < -0.39 is 0 Å². The molecule has 1 aliphatic heterocycles. The van der Waals surface area contributed by atoms with Gasteiger partial charge in [-0.2, -0.15) is 0 Å². The highest BCUT2D eigenvalue weighted by Gasteiger charge is 2.30. The largest absolute Gasteiger partial charge is 0.310 e. The first-order valence-corrected chi connectivity index (χ1v) is 8.97. The van der Waals surface area contributed by atoms with E-state index in [-0.39, 0.29) is 18.0 Å². The van der Waals surface area contributed by atoms with Crippen molar-refractivity contribution < 1.29 is 4.79 Å². The van der Waals surface area contributed by atoms with Crippen LogP contribution in [0.5, 0.6) is 0 Å². The minimum atomic E-state index is -0.174. The summed E-state index contributed by atoms with van der Waals surface area (Å²) < 4.78 is 0. The number of amides is 1. The number of aryl methyl sites for hydroxylation is 1. The molecule has 1 amide bonds. The average Bonchev–Trinajstić information content (AvgIpc) is 3.05. The Balaban J connectivity index is 1.50. The van der Waals surface area contributed by atoms with E-state index in [2.05, 4.69) is 41.7 Å². The molecule has 0 fully saturated rings. The zero-order chi connectivity index (χ0) is 16.5. The van der Waals surface area contributed by atoms with Gasteiger partial charge in [0.1, 0.15) is 0 Å². The third-order valence-electron chi connectivity index (χ3n) is 5.34. The number of fused-ring (bicyclic) bond motifs is 2. The van der Waals surface area contributed by atoms with Crippen molar-refractivity contribution in [2.24, 2.45) is 0 Å². The number of rotatable bonds is 3. The zero-order valence-corrected chi connectivity index (χ0v) is 14.2. The molecule has 0 saturated heterocycles. The second kappa shape index (κ2) is 6.40. The molecule has 3 heteroatoms. The fourth-order valence-electron chi connectivity index (χ4n) is 4.10. The Morgan fingerprint density at radius 1 is 1.08 bits per heavy atom. The highest BCUT2D eigenvalue weighted by Crippen LogP contribution is 2.31. The third kappa shape index (κ3) is 2.73. The summed E-state index contributed by atoms with van der Waals surface area (Å²) in [5.41, 5.74) is 5.15. The second-order valence-corrected chi connectivity index (χ2v) is 6.90. The number of hydrogen-bond donors (Lipinski definition) is 1. The van der Waals surface area contributed by atoms with Crippen molar-refractivity contribution in [2.45, 2.75) is 44.7 Å². The maximum atomic E-state index is 13.0. The molecule has 1 aliphatic carbocycles. The predicted octanol–water partition coefficient (Wildman–Crippen LogP) is 3.63. The molecule has 1 N–H and O–H groups in total. The number of carbonyl (C=O) groups is 1. The molecule has 0 spiro atoms. The molecule has 0 radical (unpaired) electrons. The van der Waals surface area contributed by atoms with Crippen molar-refractivity contribution in [1.82, 2.24) is 5.32 Å². The van der Waals surface area contributed by atoms with Crippen molar-refractivity contribution >= 4 is 11.6 Å². The summed E-state index contributed by atoms with van der Waals surface area (Å²) >= 11 is 0. The molecule has 0 unspecified atom stereocenters. The second-order valence-electron chi connectivity index (χ2n) is 6.90. The van der Waals surface area contributed by atoms with Gasteiger partial charge < -0.3 is 4.90 Å². The number of nitrogens with zero attached hydrogens (tertiary/aromatic N) is 1. The van der Waals surface area contributed by atoms with Gasteiger partial charge in [-0.1, -0.05) is 42.5 Å². The monoisotopic (exact) mass is 320 g/mol. The van der Waals surface area contributed by atoms with Crippen molar-refractivity contribution in [3.63, 3.8) is 0 Å². The number of carbonyl (C=O) groups excluding carboxylic acids is 1. The lowest BCUT2D eigenvalue weighted by atomic mass is 9.87. The van der Waals surface area contributed by atoms with Crippen LogP contribution in [0.3, 0.4) is 0 Å². The molecule has 2 aliphatic rings. The Morgan fingerprint density at radius 2 is 1.83 bits per heavy atom. The van der Waals surface area contributed by atoms with Crippen LogP contribution >= 0.6 is 0 Å². The summed E-state index contributed by atoms with van der Waals surface area (Å²) in [7, 11) is 0. The van der Waals surface area contributed by atoms with Crippen molar-refractivity contribution in [2.75, 3.05) is 11.4 Å². The molecule has 0 saturated carbocycles. The smallest absolute Gasteiger partial charge is 0.243 e. The zero-order valence-electron chi connectivity index (χ0n) is 14.2. The number of nitrogens with one attached hydrogen (secondary N) is 1. The first-order valence-electron chi connectivity index (χ1n) is 8.97. The predicted molar refractivity (Wildman–Crippen MR) is 97.2 cm³/mol. The van der Waals surface area contributed by atoms with Gasteiger partial charge in [-0.3, -0.25) is 10.1 Å². The summed E-state index contributed by atoms with van der Waals surface area (Å²) in [6.07, 6.45) is 4.39. The molecule has 2 aromatic carbocycles. The Labute approximate surface area is 143 Å². The van der Waals surface area contributed by atoms with E-state index in [1.165, 1.54) is 23.1 Å². The number of para-hydroxylation sites is 1. The van der Waals surface area contributed by atoms with Gasteiger partial charge >= 0.3 is 0 Å². The van der Waals surface area contributed by atoms with E-state index in [0.717, 1.165) is 31.5 Å². The first-order chi connectivity index (χ1) is 11.7. The minimum Gasteiger partial charge on any atom is -0.310 e. The molecule has 4 rings (SSSR count). The van der Waals surface area contributed by atoms with Crippen LogP contribution in [0.4, 0.5) is 5.69 Å². The van der Waals surface area contributed by atoms with Gasteiger partial charge in [0.15, 0.2) is 0 Å². The normalized spacial score (nSPS) is 20.4. The van der Waals surface area contributed by atoms with Gasteiger partial charge in [-0.05, 0) is 55.4 Å². The Hall–Kier alpha value is -2.13. The Bertz CT molecular complexity index is 755. The molecule has 2 atom stereocenters. The SMILES string of the molecule is C[C@@H](N[C@H]1CCCc2ccccc21)C(=O)N1CCc2ccccc21. The molecular formula is C21H24N2O. The fourth-order valence-corrected chi connectivity index (χ4v) is 4.10. The maximum Gasteiger partial charge on any atom is 0.243 e. The van der Waals surface area contributed by atoms with Gasteiger partial charge in [0.05, 0.1) is 6.04 Å². The highest BCUT2D eigenvalue weighted by molar-refractivity contribution is 5.98. The lowest BCUT2D eigenvalue weighted by Gasteiger charge is -2.30. The average molecular weight is 320 g/mol. The van der Waals surface area contributed by atoms with Crippen LogP contribution in [-0.2, 0) is 17.6 Å². The van der Waals surface area contributed by atoms with Crippen LogP contribution in [0.2, 0.25) is 0 Å². The van der Waals surface area contributed by atoms with Crippen LogP contribution < -0.4 is 10.2 Å². The molecule has 0 bridgehead atoms. The van der Waals surface area contributed by atoms with Crippen molar-refractivity contribution in [1.29, 1.82) is 0 Å². The molecule has 2 aromatic rings. The lowest BCUT2D eigenvalue weighted by molar-refractivity contribution is -0.120. The van der Waals surface area contributed by atoms with E-state index in [0.29, 0.717) is 0 Å².